The Kier molecular flexibility index (Phi) is 2.28. The molecule has 1 aromatic heterocycles. The molecule has 7 nitrogen and oxygen atoms in total. The zero-order valence-corrected chi connectivity index (χ0v) is 8.45. The Morgan fingerprint density at radius 1 is 1.56 bits per heavy atom. The lowest BCUT2D eigenvalue weighted by Gasteiger charge is -2.01. The molecule has 0 saturated carbocycles. The highest BCUT2D eigenvalue weighted by Gasteiger charge is 2.10. The van der Waals surface area contributed by atoms with Crippen molar-refractivity contribution in [2.45, 2.75) is 6.92 Å². The maximum absolute atomic E-state index is 11.4. The summed E-state index contributed by atoms with van der Waals surface area (Å²) >= 11 is 0. The van der Waals surface area contributed by atoms with Gasteiger partial charge in [-0.2, -0.15) is 0 Å². The molecule has 3 N–H and O–H groups in total. The topological polar surface area (TPSA) is 111 Å². The number of oxime groups is 1. The predicted molar refractivity (Wildman–Crippen MR) is 56.9 cm³/mol. The lowest BCUT2D eigenvalue weighted by molar-refractivity contribution is -0.641. The third-order valence-electron chi connectivity index (χ3n) is 2.18. The van der Waals surface area contributed by atoms with Gasteiger partial charge in [0.2, 0.25) is 0 Å². The second kappa shape index (κ2) is 3.61. The second-order valence-corrected chi connectivity index (χ2v) is 3.23. The fourth-order valence-corrected chi connectivity index (χ4v) is 1.35. The van der Waals surface area contributed by atoms with E-state index in [1.807, 2.05) is 0 Å². The number of rotatable bonds is 1. The average molecular weight is 219 g/mol. The first-order valence-electron chi connectivity index (χ1n) is 4.48. The summed E-state index contributed by atoms with van der Waals surface area (Å²) in [6, 6.07) is 4.84. The van der Waals surface area contributed by atoms with Crippen molar-refractivity contribution in [1.29, 1.82) is 0 Å². The zero-order chi connectivity index (χ0) is 11.7. The Labute approximate surface area is 90.4 Å². The third-order valence-corrected chi connectivity index (χ3v) is 2.18. The van der Waals surface area contributed by atoms with Crippen LogP contribution < -0.4 is 10.6 Å². The molecule has 1 heterocycles. The summed E-state index contributed by atoms with van der Waals surface area (Å²) in [6.07, 6.45) is 0. The third kappa shape index (κ3) is 1.58. The highest BCUT2D eigenvalue weighted by Crippen LogP contribution is 2.11. The largest absolute Gasteiger partial charge is 0.594 e. The molecule has 2 rings (SSSR count). The molecule has 0 saturated heterocycles. The molecular weight excluding hydrogens is 210 g/mol. The molecule has 0 amide bonds. The Hall–Kier alpha value is -2.44. The highest BCUT2D eigenvalue weighted by molar-refractivity contribution is 6.00. The number of nitrogen functional groups attached to an aromatic ring is 1. The van der Waals surface area contributed by atoms with Gasteiger partial charge in [-0.05, 0) is 17.8 Å². The smallest absolute Gasteiger partial charge is 0.288 e. The van der Waals surface area contributed by atoms with Crippen LogP contribution in [-0.2, 0) is 0 Å². The average Bonchev–Trinajstić information content (AvgIpc) is 2.27. The van der Waals surface area contributed by atoms with E-state index < -0.39 is 0 Å². The van der Waals surface area contributed by atoms with E-state index in [0.717, 1.165) is 0 Å². The van der Waals surface area contributed by atoms with Crippen LogP contribution in [0.1, 0.15) is 12.5 Å². The quantitative estimate of drug-likeness (QED) is 0.231. The van der Waals surface area contributed by atoms with Gasteiger partial charge < -0.3 is 16.1 Å². The highest BCUT2D eigenvalue weighted by atomic mass is 16.5. The molecule has 0 atom stereocenters. The maximum atomic E-state index is 11.4. The number of benzene rings is 1. The van der Waals surface area contributed by atoms with Gasteiger partial charge in [0.25, 0.3) is 11.5 Å². The second-order valence-electron chi connectivity index (χ2n) is 3.23. The molecule has 0 bridgehead atoms. The zero-order valence-electron chi connectivity index (χ0n) is 8.45. The molecular formula is C9H9N5O2. The maximum Gasteiger partial charge on any atom is 0.288 e. The Balaban J connectivity index is 2.71. The normalized spacial score (nSPS) is 11.9. The van der Waals surface area contributed by atoms with Crippen molar-refractivity contribution < 1.29 is 10.1 Å². The van der Waals surface area contributed by atoms with E-state index in [0.29, 0.717) is 21.6 Å². The Bertz CT molecular complexity index is 581. The molecule has 0 aliphatic heterocycles. The number of nitrogens with zero attached hydrogens (tertiary/aromatic N) is 4. The first kappa shape index (κ1) is 10.1. The summed E-state index contributed by atoms with van der Waals surface area (Å²) in [4.78, 5) is 4.30. The Morgan fingerprint density at radius 2 is 2.31 bits per heavy atom. The van der Waals surface area contributed by atoms with Crippen molar-refractivity contribution in [2.75, 3.05) is 5.73 Å². The van der Waals surface area contributed by atoms with Gasteiger partial charge in [0.1, 0.15) is 5.52 Å². The van der Waals surface area contributed by atoms with E-state index in [1.54, 1.807) is 19.1 Å². The van der Waals surface area contributed by atoms with Crippen LogP contribution in [0.4, 0.5) is 5.95 Å². The van der Waals surface area contributed by atoms with Crippen molar-refractivity contribution in [2.24, 2.45) is 5.16 Å². The summed E-state index contributed by atoms with van der Waals surface area (Å²) in [5.41, 5.74) is 7.08. The van der Waals surface area contributed by atoms with Crippen LogP contribution in [0.25, 0.3) is 11.0 Å². The molecule has 1 aromatic carbocycles. The van der Waals surface area contributed by atoms with Crippen LogP contribution in [0.15, 0.2) is 23.4 Å². The molecule has 0 aliphatic rings. The van der Waals surface area contributed by atoms with Crippen molar-refractivity contribution >= 4 is 22.7 Å². The van der Waals surface area contributed by atoms with E-state index in [4.69, 9.17) is 10.9 Å². The van der Waals surface area contributed by atoms with Crippen molar-refractivity contribution in [3.05, 3.63) is 29.0 Å². The molecule has 16 heavy (non-hydrogen) atoms. The summed E-state index contributed by atoms with van der Waals surface area (Å²) in [5, 5.41) is 26.6. The van der Waals surface area contributed by atoms with Gasteiger partial charge in [0.05, 0.1) is 10.8 Å². The lowest BCUT2D eigenvalue weighted by atomic mass is 10.1. The molecule has 0 radical (unpaired) electrons. The van der Waals surface area contributed by atoms with Crippen molar-refractivity contribution in [3.8, 4) is 0 Å². The van der Waals surface area contributed by atoms with E-state index in [2.05, 4.69) is 15.2 Å². The number of hydrogen-bond donors (Lipinski definition) is 2. The van der Waals surface area contributed by atoms with Gasteiger partial charge in [-0.3, -0.25) is 0 Å². The molecule has 0 aliphatic carbocycles. The van der Waals surface area contributed by atoms with Crippen LogP contribution in [-0.4, -0.2) is 21.0 Å². The number of aromatic nitrogens is 3. The van der Waals surface area contributed by atoms with Gasteiger partial charge >= 0.3 is 0 Å². The number of nitrogens with two attached hydrogens (primary N) is 1. The molecule has 82 valence electrons. The van der Waals surface area contributed by atoms with Gasteiger partial charge in [-0.25, -0.2) is 4.98 Å². The van der Waals surface area contributed by atoms with Gasteiger partial charge in [-0.15, -0.1) is 0 Å². The van der Waals surface area contributed by atoms with Crippen LogP contribution >= 0.6 is 0 Å². The van der Waals surface area contributed by atoms with Gasteiger partial charge in [0.15, 0.2) is 0 Å². The van der Waals surface area contributed by atoms with Crippen molar-refractivity contribution in [3.63, 3.8) is 0 Å². The standard InChI is InChI=1S/C9H9N5O2/c1-5(13-15)6-2-3-7-8(4-6)14(16)12-9(10)11-7/h2-4,15H,1H3,(H2,10,11,12). The molecule has 0 spiro atoms. The number of hydrogen-bond acceptors (Lipinski definition) is 6. The van der Waals surface area contributed by atoms with E-state index in [9.17, 15) is 5.21 Å². The summed E-state index contributed by atoms with van der Waals surface area (Å²) in [7, 11) is 0. The molecule has 7 heteroatoms. The number of fused-ring (bicyclic) bond motifs is 1. The summed E-state index contributed by atoms with van der Waals surface area (Å²) < 4.78 is 0. The first-order chi connectivity index (χ1) is 7.61. The first-order valence-corrected chi connectivity index (χ1v) is 4.48. The van der Waals surface area contributed by atoms with Crippen LogP contribution in [0.5, 0.6) is 0 Å². The van der Waals surface area contributed by atoms with Crippen molar-refractivity contribution in [1.82, 2.24) is 10.1 Å². The molecule has 0 unspecified atom stereocenters. The van der Waals surface area contributed by atoms with Crippen LogP contribution in [0, 0.1) is 5.21 Å². The van der Waals surface area contributed by atoms with Crippen LogP contribution in [0.2, 0.25) is 0 Å². The van der Waals surface area contributed by atoms with Gasteiger partial charge in [0, 0.05) is 11.6 Å². The predicted octanol–water partition coefficient (Wildman–Crippen LogP) is 0.0436. The van der Waals surface area contributed by atoms with E-state index >= 15 is 0 Å². The summed E-state index contributed by atoms with van der Waals surface area (Å²) in [6.45, 7) is 1.62. The van der Waals surface area contributed by atoms with Crippen LogP contribution in [0.3, 0.4) is 0 Å². The minimum Gasteiger partial charge on any atom is -0.594 e. The van der Waals surface area contributed by atoms with E-state index in [1.165, 1.54) is 6.07 Å². The SMILES string of the molecule is CC(=NO)c1ccc2nc(N)n[n+]([O-])c2c1. The fraction of sp³-hybridized carbons (Fsp3) is 0.111. The Morgan fingerprint density at radius 3 is 3.00 bits per heavy atom. The monoisotopic (exact) mass is 219 g/mol. The van der Waals surface area contributed by atoms with E-state index in [-0.39, 0.29) is 11.5 Å². The minimum atomic E-state index is -0.0807. The minimum absolute atomic E-state index is 0.0807. The number of anilines is 1. The lowest BCUT2D eigenvalue weighted by Crippen LogP contribution is -2.33. The van der Waals surface area contributed by atoms with Gasteiger partial charge in [-0.1, -0.05) is 11.2 Å². The molecule has 2 aromatic rings. The summed E-state index contributed by atoms with van der Waals surface area (Å²) in [5.74, 6) is -0.0807. The fourth-order valence-electron chi connectivity index (χ4n) is 1.35. The molecule has 0 fully saturated rings.